The van der Waals surface area contributed by atoms with E-state index in [2.05, 4.69) is 4.99 Å². The first-order valence-electron chi connectivity index (χ1n) is 8.86. The lowest BCUT2D eigenvalue weighted by Crippen LogP contribution is -2.32. The van der Waals surface area contributed by atoms with Gasteiger partial charge in [-0.1, -0.05) is 18.2 Å². The van der Waals surface area contributed by atoms with Crippen molar-refractivity contribution >= 4 is 41.6 Å². The number of carbonyl (C=O) groups excluding carboxylic acids is 1. The topological polar surface area (TPSA) is 73.1 Å². The highest BCUT2D eigenvalue weighted by molar-refractivity contribution is 7.73. The number of nitrogens with zero attached hydrogens (tertiary/aromatic N) is 2. The van der Waals surface area contributed by atoms with E-state index in [1.54, 1.807) is 22.8 Å². The molecule has 29 heavy (non-hydrogen) atoms. The predicted molar refractivity (Wildman–Crippen MR) is 112 cm³/mol. The molecule has 0 aliphatic carbocycles. The monoisotopic (exact) mass is 422 g/mol. The third kappa shape index (κ3) is 3.16. The first-order valence-corrected chi connectivity index (χ1v) is 10.1. The van der Waals surface area contributed by atoms with E-state index in [9.17, 15) is 9.90 Å². The van der Waals surface area contributed by atoms with Gasteiger partial charge in [0.05, 0.1) is 15.9 Å². The zero-order valence-electron chi connectivity index (χ0n) is 15.0. The molecule has 2 aliphatic rings. The van der Waals surface area contributed by atoms with Gasteiger partial charge in [-0.3, -0.25) is 9.36 Å². The van der Waals surface area contributed by atoms with Gasteiger partial charge in [-0.25, -0.2) is 4.99 Å². The predicted octanol–water partition coefficient (Wildman–Crippen LogP) is 2.77. The minimum absolute atomic E-state index is 0.00660. The van der Waals surface area contributed by atoms with Gasteiger partial charge in [-0.2, -0.15) is 0 Å². The number of hydrogen-bond donors (Lipinski definition) is 1. The lowest BCUT2D eigenvalue weighted by molar-refractivity contribution is -0.114. The maximum absolute atomic E-state index is 12.6. The Labute approximate surface area is 174 Å². The summed E-state index contributed by atoms with van der Waals surface area (Å²) in [6, 6.07) is 12.9. The Balaban J connectivity index is 1.61. The quantitative estimate of drug-likeness (QED) is 0.508. The van der Waals surface area contributed by atoms with Gasteiger partial charge in [0.1, 0.15) is 13.2 Å². The Hall–Kier alpha value is -3.23. The minimum Gasteiger partial charge on any atom is -0.493 e. The normalized spacial score (nSPS) is 16.1. The molecule has 0 spiro atoms. The van der Waals surface area contributed by atoms with Crippen molar-refractivity contribution in [3.05, 3.63) is 67.4 Å². The standard InChI is InChI=1S/C21H14N2O4S2/c24-19-13(8-12-9-16-17(11-15(12)22-19)27-7-6-26-16)10-18-20(25)23(21(28)29-18)14-4-2-1-3-5-14/h1-5,8-11,25H,6-7H2. The molecule has 8 heteroatoms. The molecule has 1 aromatic heterocycles. The molecule has 0 radical (unpaired) electrons. The Morgan fingerprint density at radius 3 is 2.62 bits per heavy atom. The third-order valence-corrected chi connectivity index (χ3v) is 5.89. The number of ether oxygens (including phenoxy) is 2. The maximum atomic E-state index is 12.6. The van der Waals surface area contributed by atoms with E-state index in [0.717, 1.165) is 10.9 Å². The Kier molecular flexibility index (Phi) is 4.30. The van der Waals surface area contributed by atoms with Gasteiger partial charge in [0.2, 0.25) is 5.88 Å². The summed E-state index contributed by atoms with van der Waals surface area (Å²) < 4.78 is 13.2. The fourth-order valence-electron chi connectivity index (χ4n) is 3.23. The molecule has 3 aromatic rings. The van der Waals surface area contributed by atoms with Crippen LogP contribution in [0.2, 0.25) is 0 Å². The van der Waals surface area contributed by atoms with Crippen molar-refractivity contribution in [3.8, 4) is 23.1 Å². The second kappa shape index (κ2) is 6.98. The number of amides is 1. The van der Waals surface area contributed by atoms with Crippen molar-refractivity contribution in [2.75, 3.05) is 13.2 Å². The smallest absolute Gasteiger partial charge is 0.277 e. The second-order valence-electron chi connectivity index (χ2n) is 6.44. The molecule has 0 fully saturated rings. The van der Waals surface area contributed by atoms with Crippen molar-refractivity contribution in [2.24, 2.45) is 4.99 Å². The molecule has 1 N–H and O–H groups in total. The van der Waals surface area contributed by atoms with Crippen molar-refractivity contribution in [3.63, 3.8) is 0 Å². The number of carbonyl (C=O) groups is 1. The molecule has 0 bridgehead atoms. The molecule has 5 rings (SSSR count). The van der Waals surface area contributed by atoms with Gasteiger partial charge < -0.3 is 14.6 Å². The van der Waals surface area contributed by atoms with E-state index in [1.165, 1.54) is 11.3 Å². The highest BCUT2D eigenvalue weighted by Crippen LogP contribution is 2.32. The molecular weight excluding hydrogens is 408 g/mol. The van der Waals surface area contributed by atoms with Crippen LogP contribution in [0.4, 0.5) is 0 Å². The van der Waals surface area contributed by atoms with Crippen LogP contribution in [0.15, 0.2) is 53.0 Å². The van der Waals surface area contributed by atoms with E-state index in [-0.39, 0.29) is 11.8 Å². The first-order chi connectivity index (χ1) is 14.1. The first kappa shape index (κ1) is 17.8. The Morgan fingerprint density at radius 1 is 1.14 bits per heavy atom. The van der Waals surface area contributed by atoms with E-state index in [0.29, 0.717) is 44.5 Å². The minimum atomic E-state index is -0.390. The van der Waals surface area contributed by atoms with Crippen LogP contribution in [-0.4, -0.2) is 28.8 Å². The van der Waals surface area contributed by atoms with E-state index in [4.69, 9.17) is 21.7 Å². The number of thiazole rings is 1. The summed E-state index contributed by atoms with van der Waals surface area (Å²) >= 11 is 6.64. The SMILES string of the molecule is O=C1N=c2cc3c(cc2=CC1=Cc1sc(=S)n(-c2ccccc2)c1O)OCCO3. The van der Waals surface area contributed by atoms with Crippen molar-refractivity contribution in [1.29, 1.82) is 0 Å². The molecule has 144 valence electrons. The summed E-state index contributed by atoms with van der Waals surface area (Å²) in [6.45, 7) is 0.950. The van der Waals surface area contributed by atoms with Crippen LogP contribution in [0.25, 0.3) is 17.8 Å². The fourth-order valence-corrected chi connectivity index (χ4v) is 4.54. The van der Waals surface area contributed by atoms with Crippen LogP contribution in [0.5, 0.6) is 17.4 Å². The number of fused-ring (bicyclic) bond motifs is 2. The number of benzene rings is 2. The molecule has 2 aliphatic heterocycles. The molecular formula is C21H14N2O4S2. The van der Waals surface area contributed by atoms with Gasteiger partial charge in [-0.05, 0) is 42.6 Å². The van der Waals surface area contributed by atoms with Gasteiger partial charge in [0.25, 0.3) is 5.91 Å². The van der Waals surface area contributed by atoms with Crippen LogP contribution < -0.4 is 20.0 Å². The van der Waals surface area contributed by atoms with Crippen LogP contribution in [-0.2, 0) is 4.79 Å². The summed E-state index contributed by atoms with van der Waals surface area (Å²) in [5, 5.41) is 12.0. The van der Waals surface area contributed by atoms with Crippen LogP contribution in [0.3, 0.4) is 0 Å². The highest BCUT2D eigenvalue weighted by atomic mass is 32.1. The lowest BCUT2D eigenvalue weighted by Gasteiger charge is -2.18. The van der Waals surface area contributed by atoms with Crippen molar-refractivity contribution in [1.82, 2.24) is 4.57 Å². The highest BCUT2D eigenvalue weighted by Gasteiger charge is 2.18. The summed E-state index contributed by atoms with van der Waals surface area (Å²) in [4.78, 5) is 17.2. The van der Waals surface area contributed by atoms with Crippen LogP contribution in [0, 0.1) is 3.95 Å². The van der Waals surface area contributed by atoms with E-state index in [1.807, 2.05) is 36.4 Å². The summed E-state index contributed by atoms with van der Waals surface area (Å²) in [5.74, 6) is 0.818. The number of rotatable bonds is 2. The van der Waals surface area contributed by atoms with Gasteiger partial charge in [-0.15, -0.1) is 11.3 Å². The van der Waals surface area contributed by atoms with Gasteiger partial charge in [0, 0.05) is 16.9 Å². The lowest BCUT2D eigenvalue weighted by atomic mass is 10.1. The average Bonchev–Trinajstić information content (AvgIpc) is 3.01. The number of hydrogen-bond acceptors (Lipinski definition) is 6. The Morgan fingerprint density at radius 2 is 1.86 bits per heavy atom. The third-order valence-electron chi connectivity index (χ3n) is 4.58. The second-order valence-corrected chi connectivity index (χ2v) is 8.12. The molecule has 0 saturated heterocycles. The van der Waals surface area contributed by atoms with E-state index < -0.39 is 0 Å². The Bertz CT molecular complexity index is 1350. The van der Waals surface area contributed by atoms with Gasteiger partial charge in [0.15, 0.2) is 15.5 Å². The molecule has 0 unspecified atom stereocenters. The average molecular weight is 422 g/mol. The zero-order valence-corrected chi connectivity index (χ0v) is 16.6. The maximum Gasteiger partial charge on any atom is 0.277 e. The number of aromatic nitrogens is 1. The molecule has 0 atom stereocenters. The fraction of sp³-hybridized carbons (Fsp3) is 0.0952. The van der Waals surface area contributed by atoms with Crippen LogP contribution in [0.1, 0.15) is 4.88 Å². The van der Waals surface area contributed by atoms with E-state index >= 15 is 0 Å². The van der Waals surface area contributed by atoms with Gasteiger partial charge >= 0.3 is 0 Å². The van der Waals surface area contributed by atoms with Crippen molar-refractivity contribution < 1.29 is 19.4 Å². The molecule has 3 heterocycles. The van der Waals surface area contributed by atoms with Crippen LogP contribution >= 0.6 is 23.6 Å². The number of para-hydroxylation sites is 1. The largest absolute Gasteiger partial charge is 0.493 e. The summed E-state index contributed by atoms with van der Waals surface area (Å²) in [7, 11) is 0. The zero-order chi connectivity index (χ0) is 20.0. The summed E-state index contributed by atoms with van der Waals surface area (Å²) in [6.07, 6.45) is 3.35. The summed E-state index contributed by atoms with van der Waals surface area (Å²) in [5.41, 5.74) is 1.12. The number of aromatic hydroxyl groups is 1. The molecule has 1 amide bonds. The molecule has 2 aromatic carbocycles. The molecule has 6 nitrogen and oxygen atoms in total. The molecule has 0 saturated carbocycles. The van der Waals surface area contributed by atoms with Crippen molar-refractivity contribution in [2.45, 2.75) is 0 Å².